The summed E-state index contributed by atoms with van der Waals surface area (Å²) in [5, 5.41) is 0.968. The number of benzene rings is 1. The molecule has 88 valence electrons. The van der Waals surface area contributed by atoms with Crippen molar-refractivity contribution < 1.29 is 9.18 Å². The molecule has 0 bridgehead atoms. The van der Waals surface area contributed by atoms with E-state index in [1.807, 2.05) is 0 Å². The highest BCUT2D eigenvalue weighted by atomic mass is 79.9. The summed E-state index contributed by atoms with van der Waals surface area (Å²) in [6, 6.07) is 4.68. The molecule has 0 heterocycles. The van der Waals surface area contributed by atoms with E-state index in [0.717, 1.165) is 11.8 Å². The van der Waals surface area contributed by atoms with Crippen LogP contribution in [-0.2, 0) is 11.2 Å². The monoisotopic (exact) mass is 306 g/mol. The minimum Gasteiger partial charge on any atom is -0.300 e. The summed E-state index contributed by atoms with van der Waals surface area (Å²) in [5.74, 6) is -0.230. The molecule has 1 aromatic carbocycles. The van der Waals surface area contributed by atoms with Gasteiger partial charge in [-0.1, -0.05) is 39.7 Å². The highest BCUT2D eigenvalue weighted by Gasteiger charge is 2.07. The van der Waals surface area contributed by atoms with Gasteiger partial charge in [-0.3, -0.25) is 4.79 Å². The summed E-state index contributed by atoms with van der Waals surface area (Å²) in [7, 11) is 0. The van der Waals surface area contributed by atoms with Crippen LogP contribution in [0.15, 0.2) is 18.2 Å². The number of ketones is 1. The fourth-order valence-corrected chi connectivity index (χ4v) is 1.91. The SMILES string of the molecule is O=C(CCCBr)CCc1cccc(F)c1Cl. The minimum atomic E-state index is -0.424. The van der Waals surface area contributed by atoms with Gasteiger partial charge in [-0.05, 0) is 24.5 Å². The highest BCUT2D eigenvalue weighted by Crippen LogP contribution is 2.21. The lowest BCUT2D eigenvalue weighted by Gasteiger charge is -2.04. The molecule has 0 saturated heterocycles. The minimum absolute atomic E-state index is 0.135. The molecule has 0 saturated carbocycles. The Bertz CT molecular complexity index is 368. The molecule has 0 fully saturated rings. The smallest absolute Gasteiger partial charge is 0.142 e. The first kappa shape index (κ1) is 13.7. The second kappa shape index (κ2) is 7.02. The van der Waals surface area contributed by atoms with Gasteiger partial charge in [0.05, 0.1) is 5.02 Å². The Balaban J connectivity index is 2.48. The predicted molar refractivity (Wildman–Crippen MR) is 67.8 cm³/mol. The molecule has 0 unspecified atom stereocenters. The normalized spacial score (nSPS) is 10.4. The van der Waals surface area contributed by atoms with E-state index in [-0.39, 0.29) is 10.8 Å². The zero-order valence-corrected chi connectivity index (χ0v) is 11.2. The van der Waals surface area contributed by atoms with Crippen molar-refractivity contribution in [1.82, 2.24) is 0 Å². The zero-order chi connectivity index (χ0) is 12.0. The summed E-state index contributed by atoms with van der Waals surface area (Å²) >= 11 is 9.06. The Morgan fingerprint density at radius 1 is 1.38 bits per heavy atom. The van der Waals surface area contributed by atoms with Gasteiger partial charge in [0.15, 0.2) is 0 Å². The number of hydrogen-bond donors (Lipinski definition) is 0. The van der Waals surface area contributed by atoms with Crippen LogP contribution in [0.4, 0.5) is 4.39 Å². The molecule has 0 spiro atoms. The Labute approximate surface area is 108 Å². The number of aryl methyl sites for hydroxylation is 1. The molecule has 1 nitrogen and oxygen atoms in total. The van der Waals surface area contributed by atoms with Crippen molar-refractivity contribution in [2.75, 3.05) is 5.33 Å². The first-order chi connectivity index (χ1) is 7.65. The topological polar surface area (TPSA) is 17.1 Å². The molecule has 0 amide bonds. The number of carbonyl (C=O) groups excluding carboxylic acids is 1. The van der Waals surface area contributed by atoms with Crippen molar-refractivity contribution >= 4 is 33.3 Å². The molecule has 1 rings (SSSR count). The van der Waals surface area contributed by atoms with Crippen LogP contribution in [0.3, 0.4) is 0 Å². The van der Waals surface area contributed by atoms with Gasteiger partial charge in [0, 0.05) is 18.2 Å². The Kier molecular flexibility index (Phi) is 5.99. The van der Waals surface area contributed by atoms with Gasteiger partial charge < -0.3 is 0 Å². The highest BCUT2D eigenvalue weighted by molar-refractivity contribution is 9.09. The van der Waals surface area contributed by atoms with Gasteiger partial charge in [0.2, 0.25) is 0 Å². The first-order valence-corrected chi connectivity index (χ1v) is 6.65. The van der Waals surface area contributed by atoms with Crippen LogP contribution in [0.1, 0.15) is 24.8 Å². The van der Waals surface area contributed by atoms with Crippen LogP contribution in [-0.4, -0.2) is 11.1 Å². The van der Waals surface area contributed by atoms with E-state index in [2.05, 4.69) is 15.9 Å². The summed E-state index contributed by atoms with van der Waals surface area (Å²) in [4.78, 5) is 11.4. The Morgan fingerprint density at radius 3 is 2.81 bits per heavy atom. The van der Waals surface area contributed by atoms with Crippen LogP contribution < -0.4 is 0 Å². The second-order valence-corrected chi connectivity index (χ2v) is 4.72. The molecule has 4 heteroatoms. The molecule has 0 aromatic heterocycles. The van der Waals surface area contributed by atoms with Gasteiger partial charge in [-0.2, -0.15) is 0 Å². The van der Waals surface area contributed by atoms with Gasteiger partial charge >= 0.3 is 0 Å². The molecule has 0 atom stereocenters. The van der Waals surface area contributed by atoms with E-state index in [1.165, 1.54) is 6.07 Å². The first-order valence-electron chi connectivity index (χ1n) is 5.15. The molecule has 16 heavy (non-hydrogen) atoms. The number of halogens is 3. The largest absolute Gasteiger partial charge is 0.300 e. The number of Topliss-reactive ketones (excluding diaryl/α,β-unsaturated/α-hetero) is 1. The van der Waals surface area contributed by atoms with Crippen LogP contribution in [0.5, 0.6) is 0 Å². The zero-order valence-electron chi connectivity index (χ0n) is 8.81. The van der Waals surface area contributed by atoms with Crippen molar-refractivity contribution in [3.05, 3.63) is 34.6 Å². The van der Waals surface area contributed by atoms with Crippen molar-refractivity contribution in [2.24, 2.45) is 0 Å². The predicted octanol–water partition coefficient (Wildman–Crippen LogP) is 4.16. The average molecular weight is 308 g/mol. The van der Waals surface area contributed by atoms with Crippen LogP contribution >= 0.6 is 27.5 Å². The van der Waals surface area contributed by atoms with E-state index < -0.39 is 5.82 Å². The van der Waals surface area contributed by atoms with Crippen molar-refractivity contribution in [3.63, 3.8) is 0 Å². The molecule has 0 N–H and O–H groups in total. The van der Waals surface area contributed by atoms with E-state index in [9.17, 15) is 9.18 Å². The van der Waals surface area contributed by atoms with Gasteiger partial charge in [-0.15, -0.1) is 0 Å². The summed E-state index contributed by atoms with van der Waals surface area (Å²) in [6.45, 7) is 0. The molecule has 0 aliphatic carbocycles. The van der Waals surface area contributed by atoms with Gasteiger partial charge in [0.1, 0.15) is 11.6 Å². The van der Waals surface area contributed by atoms with Crippen molar-refractivity contribution in [3.8, 4) is 0 Å². The number of rotatable bonds is 6. The van der Waals surface area contributed by atoms with Crippen molar-refractivity contribution in [1.29, 1.82) is 0 Å². The number of alkyl halides is 1. The summed E-state index contributed by atoms with van der Waals surface area (Å²) < 4.78 is 13.1. The maximum atomic E-state index is 13.1. The second-order valence-electron chi connectivity index (χ2n) is 3.54. The fraction of sp³-hybridized carbons (Fsp3) is 0.417. The third-order valence-corrected chi connectivity index (χ3v) is 3.28. The molecule has 0 radical (unpaired) electrons. The number of hydrogen-bond acceptors (Lipinski definition) is 1. The fourth-order valence-electron chi connectivity index (χ4n) is 1.40. The van der Waals surface area contributed by atoms with Gasteiger partial charge in [-0.25, -0.2) is 4.39 Å². The standard InChI is InChI=1S/C12H13BrClFO/c13-8-2-4-10(16)7-6-9-3-1-5-11(15)12(9)14/h1,3,5H,2,4,6-8H2. The summed E-state index contributed by atoms with van der Waals surface area (Å²) in [5.41, 5.74) is 0.703. The maximum absolute atomic E-state index is 13.1. The average Bonchev–Trinajstić information content (AvgIpc) is 2.28. The lowest BCUT2D eigenvalue weighted by atomic mass is 10.1. The van der Waals surface area contributed by atoms with Crippen LogP contribution in [0, 0.1) is 5.82 Å². The number of carbonyl (C=O) groups is 1. The third kappa shape index (κ3) is 4.22. The molecular formula is C12H13BrClFO. The van der Waals surface area contributed by atoms with Crippen LogP contribution in [0.25, 0.3) is 0 Å². The Hall–Kier alpha value is -0.410. The van der Waals surface area contributed by atoms with E-state index in [0.29, 0.717) is 24.8 Å². The van der Waals surface area contributed by atoms with Gasteiger partial charge in [0.25, 0.3) is 0 Å². The third-order valence-electron chi connectivity index (χ3n) is 2.29. The quantitative estimate of drug-likeness (QED) is 0.721. The molecule has 1 aromatic rings. The van der Waals surface area contributed by atoms with E-state index in [1.54, 1.807) is 12.1 Å². The van der Waals surface area contributed by atoms with Crippen LogP contribution in [0.2, 0.25) is 5.02 Å². The molecular weight excluding hydrogens is 294 g/mol. The van der Waals surface area contributed by atoms with Crippen molar-refractivity contribution in [2.45, 2.75) is 25.7 Å². The lowest BCUT2D eigenvalue weighted by molar-refractivity contribution is -0.119. The summed E-state index contributed by atoms with van der Waals surface area (Å²) in [6.07, 6.45) is 2.35. The molecule has 0 aliphatic rings. The lowest BCUT2D eigenvalue weighted by Crippen LogP contribution is -2.01. The molecule has 0 aliphatic heterocycles. The Morgan fingerprint density at radius 2 is 2.12 bits per heavy atom. The maximum Gasteiger partial charge on any atom is 0.142 e. The van der Waals surface area contributed by atoms with E-state index in [4.69, 9.17) is 11.6 Å². The van der Waals surface area contributed by atoms with E-state index >= 15 is 0 Å².